The first-order chi connectivity index (χ1) is 14.3. The molecule has 6 atom stereocenters. The van der Waals surface area contributed by atoms with Crippen LogP contribution < -0.4 is 5.32 Å². The van der Waals surface area contributed by atoms with Gasteiger partial charge >= 0.3 is 0 Å². The average molecular weight is 436 g/mol. The zero-order valence-corrected chi connectivity index (χ0v) is 20.5. The van der Waals surface area contributed by atoms with Gasteiger partial charge in [0, 0.05) is 36.3 Å². The van der Waals surface area contributed by atoms with Crippen LogP contribution in [0.5, 0.6) is 0 Å². The highest BCUT2D eigenvalue weighted by Gasteiger charge is 2.54. The maximum Gasteiger partial charge on any atom is 0.225 e. The molecule has 2 N–H and O–H groups in total. The second kappa shape index (κ2) is 9.56. The summed E-state index contributed by atoms with van der Waals surface area (Å²) in [5.74, 6) is 0.445. The van der Waals surface area contributed by atoms with Crippen molar-refractivity contribution in [2.75, 3.05) is 25.0 Å². The lowest BCUT2D eigenvalue weighted by atomic mass is 9.53. The number of thiazole rings is 1. The first-order valence-corrected chi connectivity index (χ1v) is 12.8. The maximum atomic E-state index is 13.0. The zero-order valence-electron chi connectivity index (χ0n) is 19.7. The highest BCUT2D eigenvalue weighted by molar-refractivity contribution is 7.15. The molecule has 0 bridgehead atoms. The summed E-state index contributed by atoms with van der Waals surface area (Å²) in [7, 11) is 0. The minimum absolute atomic E-state index is 0.0287. The zero-order chi connectivity index (χ0) is 22.1. The van der Waals surface area contributed by atoms with E-state index in [0.29, 0.717) is 0 Å². The molecule has 6 heteroatoms. The van der Waals surface area contributed by atoms with E-state index in [1.54, 1.807) is 11.3 Å². The van der Waals surface area contributed by atoms with Crippen molar-refractivity contribution in [1.29, 1.82) is 0 Å². The van der Waals surface area contributed by atoms with E-state index in [9.17, 15) is 9.90 Å². The number of unbranched alkanes of at least 4 members (excludes halogenated alkanes) is 1. The minimum Gasteiger partial charge on any atom is -0.392 e. The Morgan fingerprint density at radius 3 is 2.70 bits per heavy atom. The van der Waals surface area contributed by atoms with Gasteiger partial charge in [-0.05, 0) is 56.8 Å². The summed E-state index contributed by atoms with van der Waals surface area (Å²) >= 11 is 1.80. The minimum atomic E-state index is -0.459. The van der Waals surface area contributed by atoms with Crippen LogP contribution in [0, 0.1) is 23.2 Å². The van der Waals surface area contributed by atoms with E-state index in [0.717, 1.165) is 50.4 Å². The predicted octanol–water partition coefficient (Wildman–Crippen LogP) is 4.91. The summed E-state index contributed by atoms with van der Waals surface area (Å²) in [5, 5.41) is 16.1. The van der Waals surface area contributed by atoms with Crippen LogP contribution in [0.15, 0.2) is 0 Å². The van der Waals surface area contributed by atoms with E-state index in [-0.39, 0.29) is 35.0 Å². The topological polar surface area (TPSA) is 65.5 Å². The summed E-state index contributed by atoms with van der Waals surface area (Å²) in [6.07, 6.45) is 4.85. The SMILES string of the molecule is CCCCNc1nc2c(s1)C[C@@]1(C)CC[C@H]([C@H](C)C(=O)N(CC)CC)[C@H](O)[C@H]1[C@@H]2C. The van der Waals surface area contributed by atoms with Gasteiger partial charge in [0.2, 0.25) is 5.91 Å². The molecule has 1 fully saturated rings. The van der Waals surface area contributed by atoms with Crippen LogP contribution in [0.4, 0.5) is 5.13 Å². The molecule has 0 spiro atoms. The van der Waals surface area contributed by atoms with Crippen LogP contribution in [-0.4, -0.2) is 46.6 Å². The van der Waals surface area contributed by atoms with Gasteiger partial charge in [-0.1, -0.05) is 34.1 Å². The standard InChI is InChI=1S/C24H41N3O2S/c1-7-10-13-25-23-26-20-16(5)19-21(28)17(15(4)22(29)27(8-2)9-3)11-12-24(19,6)14-18(20)30-23/h15-17,19,21,28H,7-14H2,1-6H3,(H,25,26)/t15-,16-,17+,19+,21-,24+/m0/s1. The first kappa shape index (κ1) is 23.5. The van der Waals surface area contributed by atoms with Crippen LogP contribution in [0.1, 0.15) is 83.7 Å². The van der Waals surface area contributed by atoms with Gasteiger partial charge < -0.3 is 15.3 Å². The summed E-state index contributed by atoms with van der Waals surface area (Å²) in [5.41, 5.74) is 1.25. The summed E-state index contributed by atoms with van der Waals surface area (Å²) in [4.78, 5) is 21.2. The number of hydrogen-bond donors (Lipinski definition) is 2. The van der Waals surface area contributed by atoms with Crippen LogP contribution in [0.25, 0.3) is 0 Å². The molecular weight excluding hydrogens is 394 g/mol. The van der Waals surface area contributed by atoms with Crippen molar-refractivity contribution in [1.82, 2.24) is 9.88 Å². The van der Waals surface area contributed by atoms with Gasteiger partial charge in [0.25, 0.3) is 0 Å². The number of aliphatic hydroxyl groups excluding tert-OH is 1. The number of rotatable bonds is 8. The quantitative estimate of drug-likeness (QED) is 0.569. The normalized spacial score (nSPS) is 31.6. The molecule has 0 radical (unpaired) electrons. The average Bonchev–Trinajstić information content (AvgIpc) is 3.11. The van der Waals surface area contributed by atoms with E-state index in [2.05, 4.69) is 26.1 Å². The van der Waals surface area contributed by atoms with E-state index >= 15 is 0 Å². The molecule has 3 rings (SSSR count). The first-order valence-electron chi connectivity index (χ1n) is 12.0. The number of nitrogens with zero attached hydrogens (tertiary/aromatic N) is 2. The van der Waals surface area contributed by atoms with E-state index in [4.69, 9.17) is 4.98 Å². The Kier molecular flexibility index (Phi) is 7.49. The number of amides is 1. The molecule has 1 aromatic heterocycles. The fraction of sp³-hybridized carbons (Fsp3) is 0.833. The Labute approximate surface area is 186 Å². The molecule has 1 heterocycles. The molecule has 0 aliphatic heterocycles. The molecule has 30 heavy (non-hydrogen) atoms. The highest BCUT2D eigenvalue weighted by atomic mass is 32.1. The van der Waals surface area contributed by atoms with E-state index < -0.39 is 6.10 Å². The lowest BCUT2D eigenvalue weighted by Gasteiger charge is -2.53. The molecule has 5 nitrogen and oxygen atoms in total. The molecule has 1 amide bonds. The fourth-order valence-corrected chi connectivity index (χ4v) is 7.29. The van der Waals surface area contributed by atoms with Crippen molar-refractivity contribution >= 4 is 22.4 Å². The molecule has 170 valence electrons. The lowest BCUT2D eigenvalue weighted by Crippen LogP contribution is -2.53. The predicted molar refractivity (Wildman–Crippen MR) is 125 cm³/mol. The Morgan fingerprint density at radius 2 is 2.07 bits per heavy atom. The van der Waals surface area contributed by atoms with E-state index in [1.165, 1.54) is 17.0 Å². The number of aliphatic hydroxyl groups is 1. The second-order valence-corrected chi connectivity index (χ2v) is 10.8. The number of fused-ring (bicyclic) bond motifs is 2. The largest absolute Gasteiger partial charge is 0.392 e. The molecule has 1 saturated carbocycles. The third-order valence-electron chi connectivity index (χ3n) is 7.84. The Morgan fingerprint density at radius 1 is 1.37 bits per heavy atom. The third kappa shape index (κ3) is 4.27. The highest BCUT2D eigenvalue weighted by Crippen LogP contribution is 2.57. The molecule has 0 aromatic carbocycles. The van der Waals surface area contributed by atoms with Crippen molar-refractivity contribution in [2.24, 2.45) is 23.2 Å². The Hall–Kier alpha value is -1.14. The molecule has 0 unspecified atom stereocenters. The molecule has 2 aliphatic carbocycles. The van der Waals surface area contributed by atoms with Gasteiger partial charge in [-0.2, -0.15) is 0 Å². The fourth-order valence-electron chi connectivity index (χ4n) is 6.00. The van der Waals surface area contributed by atoms with E-state index in [1.807, 2.05) is 25.7 Å². The van der Waals surface area contributed by atoms with Gasteiger partial charge in [0.15, 0.2) is 5.13 Å². The smallest absolute Gasteiger partial charge is 0.225 e. The molecule has 0 saturated heterocycles. The maximum absolute atomic E-state index is 13.0. The van der Waals surface area contributed by atoms with Gasteiger partial charge in [-0.25, -0.2) is 4.98 Å². The van der Waals surface area contributed by atoms with Crippen molar-refractivity contribution < 1.29 is 9.90 Å². The van der Waals surface area contributed by atoms with Gasteiger partial charge in [0.1, 0.15) is 0 Å². The Balaban J connectivity index is 1.81. The number of hydrogen-bond acceptors (Lipinski definition) is 5. The summed E-state index contributed by atoms with van der Waals surface area (Å²) in [6, 6.07) is 0. The Bertz CT molecular complexity index is 732. The van der Waals surface area contributed by atoms with Gasteiger partial charge in [-0.3, -0.25) is 4.79 Å². The summed E-state index contributed by atoms with van der Waals surface area (Å²) in [6.45, 7) is 15.3. The number of aromatic nitrogens is 1. The summed E-state index contributed by atoms with van der Waals surface area (Å²) < 4.78 is 0. The van der Waals surface area contributed by atoms with Crippen molar-refractivity contribution in [2.45, 2.75) is 85.7 Å². The van der Waals surface area contributed by atoms with Crippen molar-refractivity contribution in [3.05, 3.63) is 10.6 Å². The molecule has 1 aromatic rings. The third-order valence-corrected chi connectivity index (χ3v) is 8.86. The molecular formula is C24H41N3O2S. The van der Waals surface area contributed by atoms with Crippen LogP contribution in [0.3, 0.4) is 0 Å². The number of anilines is 1. The van der Waals surface area contributed by atoms with Gasteiger partial charge in [-0.15, -0.1) is 11.3 Å². The lowest BCUT2D eigenvalue weighted by molar-refractivity contribution is -0.144. The van der Waals surface area contributed by atoms with Crippen LogP contribution >= 0.6 is 11.3 Å². The monoisotopic (exact) mass is 435 g/mol. The van der Waals surface area contributed by atoms with Gasteiger partial charge in [0.05, 0.1) is 11.8 Å². The number of carbonyl (C=O) groups is 1. The molecule has 2 aliphatic rings. The number of carbonyl (C=O) groups excluding carboxylic acids is 1. The number of nitrogens with one attached hydrogen (secondary N) is 1. The van der Waals surface area contributed by atoms with Crippen LogP contribution in [0.2, 0.25) is 0 Å². The van der Waals surface area contributed by atoms with Crippen LogP contribution in [-0.2, 0) is 11.2 Å². The van der Waals surface area contributed by atoms with Crippen molar-refractivity contribution in [3.8, 4) is 0 Å². The van der Waals surface area contributed by atoms with Crippen molar-refractivity contribution in [3.63, 3.8) is 0 Å². The second-order valence-electron chi connectivity index (χ2n) is 9.75.